The van der Waals surface area contributed by atoms with Gasteiger partial charge in [0.25, 0.3) is 0 Å². The average Bonchev–Trinajstić information content (AvgIpc) is 3.36. The Bertz CT molecular complexity index is 1410. The van der Waals surface area contributed by atoms with Crippen molar-refractivity contribution >= 4 is 29.6 Å². The molecule has 4 heterocycles. The Hall–Kier alpha value is -3.84. The normalized spacial score (nSPS) is 22.4. The van der Waals surface area contributed by atoms with E-state index >= 15 is 0 Å². The number of hydrogen-bond acceptors (Lipinski definition) is 10. The van der Waals surface area contributed by atoms with Crippen LogP contribution in [0.4, 0.5) is 25.5 Å². The third-order valence-electron chi connectivity index (χ3n) is 7.35. The standard InChI is InChI=1S/C29H34ClF2N7O4/c1-29(2,3)43-28(41)37-24-14-39(13-22(24)21-8-19(31)4-5-23(21)32)27-35-11-20(12-36-27)42-16-17-6-7-38(15-25(17)40)26-33-9-18(30)10-34-26/h4-5,8-12,17,22,24-25,40H,6-7,13-16H2,1-3H3,(H,37,41)/t17-,22-,24+,25+/m1/s1. The van der Waals surface area contributed by atoms with Gasteiger partial charge < -0.3 is 29.7 Å². The van der Waals surface area contributed by atoms with E-state index in [9.17, 15) is 18.7 Å². The van der Waals surface area contributed by atoms with Gasteiger partial charge in [-0.25, -0.2) is 33.5 Å². The summed E-state index contributed by atoms with van der Waals surface area (Å²) in [5.74, 6) is -0.537. The van der Waals surface area contributed by atoms with Crippen LogP contribution in [-0.2, 0) is 4.74 Å². The van der Waals surface area contributed by atoms with Crippen molar-refractivity contribution in [2.45, 2.75) is 50.9 Å². The molecule has 0 unspecified atom stereocenters. The molecule has 2 N–H and O–H groups in total. The van der Waals surface area contributed by atoms with E-state index < -0.39 is 41.4 Å². The van der Waals surface area contributed by atoms with Gasteiger partial charge in [0, 0.05) is 38.0 Å². The molecule has 3 aromatic rings. The van der Waals surface area contributed by atoms with Crippen LogP contribution < -0.4 is 19.9 Å². The summed E-state index contributed by atoms with van der Waals surface area (Å²) in [6.07, 6.45) is 5.47. The Morgan fingerprint density at radius 1 is 1.05 bits per heavy atom. The topological polar surface area (TPSA) is 126 Å². The number of nitrogens with one attached hydrogen (secondary N) is 1. The van der Waals surface area contributed by atoms with Gasteiger partial charge in [0.1, 0.15) is 17.2 Å². The number of hydrogen-bond donors (Lipinski definition) is 2. The quantitative estimate of drug-likeness (QED) is 0.402. The van der Waals surface area contributed by atoms with E-state index in [1.54, 1.807) is 25.7 Å². The monoisotopic (exact) mass is 617 g/mol. The van der Waals surface area contributed by atoms with Gasteiger partial charge in [-0.05, 0) is 51.0 Å². The summed E-state index contributed by atoms with van der Waals surface area (Å²) in [5.41, 5.74) is -0.574. The molecule has 2 aromatic heterocycles. The molecule has 0 bridgehead atoms. The third-order valence-corrected chi connectivity index (χ3v) is 7.55. The van der Waals surface area contributed by atoms with Gasteiger partial charge in [0.15, 0.2) is 5.75 Å². The van der Waals surface area contributed by atoms with Crippen molar-refractivity contribution in [2.24, 2.45) is 5.92 Å². The molecular formula is C29H34ClF2N7O4. The maximum absolute atomic E-state index is 14.8. The van der Waals surface area contributed by atoms with Crippen molar-refractivity contribution in [1.29, 1.82) is 0 Å². The summed E-state index contributed by atoms with van der Waals surface area (Å²) in [5, 5.41) is 13.9. The van der Waals surface area contributed by atoms with Gasteiger partial charge in [-0.2, -0.15) is 0 Å². The van der Waals surface area contributed by atoms with Crippen LogP contribution in [0.1, 0.15) is 38.7 Å². The van der Waals surface area contributed by atoms with Crippen LogP contribution in [0.5, 0.6) is 5.75 Å². The lowest BCUT2D eigenvalue weighted by Crippen LogP contribution is -2.46. The minimum atomic E-state index is -0.723. The smallest absolute Gasteiger partial charge is 0.407 e. The number of β-amino-alcohol motifs (C(OH)–C–C–N with tert-alkyl or cyclic N) is 1. The Morgan fingerprint density at radius 2 is 1.72 bits per heavy atom. The highest BCUT2D eigenvalue weighted by Crippen LogP contribution is 2.32. The van der Waals surface area contributed by atoms with Crippen molar-refractivity contribution in [3.8, 4) is 5.75 Å². The number of aromatic nitrogens is 4. The molecule has 230 valence electrons. The van der Waals surface area contributed by atoms with E-state index in [-0.39, 0.29) is 31.2 Å². The zero-order chi connectivity index (χ0) is 30.7. The van der Waals surface area contributed by atoms with Crippen molar-refractivity contribution in [3.05, 3.63) is 65.2 Å². The van der Waals surface area contributed by atoms with Crippen molar-refractivity contribution in [3.63, 3.8) is 0 Å². The fraction of sp³-hybridized carbons (Fsp3) is 0.483. The van der Waals surface area contributed by atoms with E-state index in [1.807, 2.05) is 4.90 Å². The predicted molar refractivity (Wildman–Crippen MR) is 155 cm³/mol. The maximum atomic E-state index is 14.8. The number of carbonyl (C=O) groups is 1. The highest BCUT2D eigenvalue weighted by atomic mass is 35.5. The molecular weight excluding hydrogens is 584 g/mol. The molecule has 2 aliphatic heterocycles. The van der Waals surface area contributed by atoms with E-state index in [2.05, 4.69) is 25.3 Å². The third kappa shape index (κ3) is 7.77. The largest absolute Gasteiger partial charge is 0.490 e. The molecule has 0 saturated carbocycles. The fourth-order valence-electron chi connectivity index (χ4n) is 5.26. The first-order valence-corrected chi connectivity index (χ1v) is 14.4. The summed E-state index contributed by atoms with van der Waals surface area (Å²) in [6, 6.07) is 2.69. The molecule has 43 heavy (non-hydrogen) atoms. The van der Waals surface area contributed by atoms with Gasteiger partial charge in [-0.1, -0.05) is 11.6 Å². The minimum Gasteiger partial charge on any atom is -0.490 e. The van der Waals surface area contributed by atoms with Crippen LogP contribution in [0, 0.1) is 17.6 Å². The molecule has 11 nitrogen and oxygen atoms in total. The molecule has 2 saturated heterocycles. The molecule has 5 rings (SSSR count). The van der Waals surface area contributed by atoms with Gasteiger partial charge in [-0.3, -0.25) is 0 Å². The lowest BCUT2D eigenvalue weighted by molar-refractivity contribution is 0.0504. The molecule has 0 spiro atoms. The number of ether oxygens (including phenoxy) is 2. The Kier molecular flexibility index (Phi) is 9.11. The van der Waals surface area contributed by atoms with Crippen LogP contribution in [0.3, 0.4) is 0 Å². The summed E-state index contributed by atoms with van der Waals surface area (Å²) in [6.45, 7) is 7.02. The van der Waals surface area contributed by atoms with E-state index in [1.165, 1.54) is 24.8 Å². The predicted octanol–water partition coefficient (Wildman–Crippen LogP) is 3.96. The molecule has 4 atom stereocenters. The lowest BCUT2D eigenvalue weighted by atomic mass is 9.94. The number of aliphatic hydroxyl groups excluding tert-OH is 1. The number of nitrogens with zero attached hydrogens (tertiary/aromatic N) is 6. The number of halogens is 3. The van der Waals surface area contributed by atoms with Crippen molar-refractivity contribution in [2.75, 3.05) is 42.6 Å². The first-order valence-electron chi connectivity index (χ1n) is 14.0. The highest BCUT2D eigenvalue weighted by Gasteiger charge is 2.38. The number of aliphatic hydroxyl groups is 1. The zero-order valence-electron chi connectivity index (χ0n) is 24.1. The summed E-state index contributed by atoms with van der Waals surface area (Å²) in [7, 11) is 0. The van der Waals surface area contributed by atoms with Crippen LogP contribution in [0.2, 0.25) is 5.02 Å². The number of anilines is 2. The van der Waals surface area contributed by atoms with Crippen molar-refractivity contribution in [1.82, 2.24) is 25.3 Å². The number of rotatable bonds is 7. The second kappa shape index (κ2) is 12.8. The molecule has 1 aromatic carbocycles. The summed E-state index contributed by atoms with van der Waals surface area (Å²) >= 11 is 5.87. The number of alkyl carbamates (subject to hydrolysis) is 1. The Morgan fingerprint density at radius 3 is 2.40 bits per heavy atom. The first kappa shape index (κ1) is 30.6. The average molecular weight is 618 g/mol. The maximum Gasteiger partial charge on any atom is 0.407 e. The fourth-order valence-corrected chi connectivity index (χ4v) is 5.36. The summed E-state index contributed by atoms with van der Waals surface area (Å²) < 4.78 is 40.1. The van der Waals surface area contributed by atoms with Gasteiger partial charge in [0.2, 0.25) is 11.9 Å². The van der Waals surface area contributed by atoms with Gasteiger partial charge in [0.05, 0.1) is 48.6 Å². The van der Waals surface area contributed by atoms with Gasteiger partial charge >= 0.3 is 6.09 Å². The van der Waals surface area contributed by atoms with E-state index in [4.69, 9.17) is 21.1 Å². The van der Waals surface area contributed by atoms with E-state index in [0.717, 1.165) is 18.2 Å². The van der Waals surface area contributed by atoms with Crippen LogP contribution in [-0.4, -0.2) is 81.7 Å². The number of amides is 1. The minimum absolute atomic E-state index is 0.108. The number of carbonyl (C=O) groups excluding carboxylic acids is 1. The van der Waals surface area contributed by atoms with Gasteiger partial charge in [-0.15, -0.1) is 0 Å². The summed E-state index contributed by atoms with van der Waals surface area (Å²) in [4.78, 5) is 33.5. The zero-order valence-corrected chi connectivity index (χ0v) is 24.8. The Balaban J connectivity index is 1.21. The second-order valence-corrected chi connectivity index (χ2v) is 12.2. The molecule has 14 heteroatoms. The van der Waals surface area contributed by atoms with Crippen LogP contribution >= 0.6 is 11.6 Å². The number of piperidine rings is 1. The Labute approximate surface area is 253 Å². The SMILES string of the molecule is CC(C)(C)OC(=O)N[C@H]1CN(c2ncc(OC[C@H]3CCN(c4ncc(Cl)cn4)C[C@@H]3O)cn2)C[C@@H]1c1cc(F)ccc1F. The van der Waals surface area contributed by atoms with E-state index in [0.29, 0.717) is 42.2 Å². The molecule has 1 amide bonds. The first-order chi connectivity index (χ1) is 20.4. The second-order valence-electron chi connectivity index (χ2n) is 11.7. The lowest BCUT2D eigenvalue weighted by Gasteiger charge is -2.35. The van der Waals surface area contributed by atoms with Crippen LogP contribution in [0.25, 0.3) is 0 Å². The molecule has 0 aliphatic carbocycles. The highest BCUT2D eigenvalue weighted by molar-refractivity contribution is 6.30. The molecule has 2 aliphatic rings. The number of benzene rings is 1. The molecule has 0 radical (unpaired) electrons. The van der Waals surface area contributed by atoms with Crippen molar-refractivity contribution < 1.29 is 28.2 Å². The molecule has 2 fully saturated rings. The van der Waals surface area contributed by atoms with Crippen LogP contribution in [0.15, 0.2) is 43.0 Å².